The van der Waals surface area contributed by atoms with Gasteiger partial charge in [-0.05, 0) is 63.2 Å². The molecule has 0 saturated heterocycles. The number of phosphoric ester groups is 1. The van der Waals surface area contributed by atoms with E-state index in [0.717, 1.165) is 41.5 Å². The zero-order chi connectivity index (χ0) is 27.5. The zero-order valence-corrected chi connectivity index (χ0v) is 28.4. The Hall–Kier alpha value is -0.770. The van der Waals surface area contributed by atoms with Crippen LogP contribution in [0.5, 0.6) is 11.5 Å². The van der Waals surface area contributed by atoms with Gasteiger partial charge in [-0.3, -0.25) is 0 Å². The van der Waals surface area contributed by atoms with Gasteiger partial charge in [-0.1, -0.05) is 107 Å². The smallest absolute Gasteiger partial charge is 0.736 e. The summed E-state index contributed by atoms with van der Waals surface area (Å²) in [6.45, 7) is 25.6. The predicted molar refractivity (Wildman–Crippen MR) is 149 cm³/mol. The quantitative estimate of drug-likeness (QED) is 0.339. The Balaban J connectivity index is 0.00000481. The van der Waals surface area contributed by atoms with Crippen LogP contribution in [0.25, 0.3) is 0 Å². The van der Waals surface area contributed by atoms with Crippen LogP contribution < -0.4 is 43.5 Å². The molecule has 2 aromatic carbocycles. The predicted octanol–water partition coefficient (Wildman–Crippen LogP) is 5.30. The molecule has 0 fully saturated rings. The first-order valence-electron chi connectivity index (χ1n) is 13.2. The molecule has 6 heteroatoms. The van der Waals surface area contributed by atoms with Crippen molar-refractivity contribution < 1.29 is 48.1 Å². The Morgan fingerprint density at radius 1 is 0.622 bits per heavy atom. The van der Waals surface area contributed by atoms with E-state index in [9.17, 15) is 9.46 Å². The van der Waals surface area contributed by atoms with E-state index >= 15 is 0 Å². The Labute approximate surface area is 247 Å². The van der Waals surface area contributed by atoms with E-state index in [0.29, 0.717) is 11.5 Å². The molecule has 3 rings (SSSR count). The number of hydrogen-bond acceptors (Lipinski definition) is 4. The molecule has 37 heavy (non-hydrogen) atoms. The molecule has 0 radical (unpaired) electrons. The second-order valence-electron chi connectivity index (χ2n) is 14.5. The Bertz CT molecular complexity index is 1100. The Kier molecular flexibility index (Phi) is 9.35. The molecule has 1 aliphatic heterocycles. The van der Waals surface area contributed by atoms with Crippen molar-refractivity contribution in [3.05, 3.63) is 57.6 Å². The fraction of sp³-hybridized carbons (Fsp3) is 0.613. The summed E-state index contributed by atoms with van der Waals surface area (Å²) < 4.78 is 25.3. The number of fused-ring (bicyclic) bond motifs is 2. The molecule has 0 bridgehead atoms. The molecule has 1 heterocycles. The Morgan fingerprint density at radius 2 is 0.946 bits per heavy atom. The average molecular weight is 537 g/mol. The van der Waals surface area contributed by atoms with Crippen LogP contribution in [0.15, 0.2) is 24.3 Å². The minimum atomic E-state index is -4.72. The molecule has 4 nitrogen and oxygen atoms in total. The van der Waals surface area contributed by atoms with Crippen LogP contribution in [-0.4, -0.2) is 0 Å². The van der Waals surface area contributed by atoms with Gasteiger partial charge in [0.15, 0.2) is 0 Å². The third kappa shape index (κ3) is 7.67. The number of hydrogen-bond donors (Lipinski definition) is 0. The van der Waals surface area contributed by atoms with Crippen molar-refractivity contribution in [1.82, 2.24) is 0 Å². The van der Waals surface area contributed by atoms with Crippen molar-refractivity contribution in [2.24, 2.45) is 0 Å². The van der Waals surface area contributed by atoms with Crippen molar-refractivity contribution in [3.8, 4) is 11.5 Å². The van der Waals surface area contributed by atoms with Crippen LogP contribution in [0.1, 0.15) is 123 Å². The first-order chi connectivity index (χ1) is 16.1. The van der Waals surface area contributed by atoms with Crippen LogP contribution in [0.4, 0.5) is 0 Å². The van der Waals surface area contributed by atoms with Crippen molar-refractivity contribution in [1.29, 1.82) is 0 Å². The van der Waals surface area contributed by atoms with E-state index in [1.54, 1.807) is 0 Å². The maximum absolute atomic E-state index is 13.5. The molecule has 0 spiro atoms. The molecule has 0 N–H and O–H groups in total. The van der Waals surface area contributed by atoms with Crippen LogP contribution in [0, 0.1) is 0 Å². The summed E-state index contributed by atoms with van der Waals surface area (Å²) in [4.78, 5) is 13.5. The summed E-state index contributed by atoms with van der Waals surface area (Å²) in [5, 5.41) is 0. The summed E-state index contributed by atoms with van der Waals surface area (Å²) in [6, 6.07) is 8.46. The summed E-state index contributed by atoms with van der Waals surface area (Å²) in [5.41, 5.74) is 5.26. The van der Waals surface area contributed by atoms with E-state index in [-0.39, 0.29) is 51.2 Å². The second kappa shape index (κ2) is 10.7. The molecular formula is C31H46NaO4P. The molecule has 200 valence electrons. The normalized spacial score (nSPS) is 16.5. The summed E-state index contributed by atoms with van der Waals surface area (Å²) in [6.07, 6.45) is 2.32. The minimum absolute atomic E-state index is 0. The topological polar surface area (TPSA) is 58.6 Å². The van der Waals surface area contributed by atoms with E-state index < -0.39 is 7.82 Å². The first-order valence-corrected chi connectivity index (χ1v) is 14.6. The van der Waals surface area contributed by atoms with Crippen molar-refractivity contribution in [2.45, 2.75) is 124 Å². The summed E-state index contributed by atoms with van der Waals surface area (Å²) in [7, 11) is -4.72. The van der Waals surface area contributed by atoms with Crippen LogP contribution in [0.3, 0.4) is 0 Å². The maximum Gasteiger partial charge on any atom is 1.00 e. The molecule has 0 aliphatic carbocycles. The van der Waals surface area contributed by atoms with Gasteiger partial charge in [-0.2, -0.15) is 0 Å². The van der Waals surface area contributed by atoms with Crippen molar-refractivity contribution in [2.75, 3.05) is 0 Å². The molecule has 2 aromatic rings. The molecule has 0 unspecified atom stereocenters. The van der Waals surface area contributed by atoms with Gasteiger partial charge in [0.1, 0.15) is 11.5 Å². The van der Waals surface area contributed by atoms with E-state index in [1.165, 1.54) is 11.1 Å². The number of aryl methyl sites for hydroxylation is 2. The van der Waals surface area contributed by atoms with Gasteiger partial charge in [0, 0.05) is 11.1 Å². The largest absolute Gasteiger partial charge is 1.00 e. The molecule has 1 aliphatic rings. The van der Waals surface area contributed by atoms with E-state index in [1.807, 2.05) is 0 Å². The summed E-state index contributed by atoms with van der Waals surface area (Å²) >= 11 is 0. The monoisotopic (exact) mass is 536 g/mol. The summed E-state index contributed by atoms with van der Waals surface area (Å²) in [5.74, 6) is 0.863. The first kappa shape index (κ1) is 32.4. The van der Waals surface area contributed by atoms with Crippen molar-refractivity contribution in [3.63, 3.8) is 0 Å². The van der Waals surface area contributed by atoms with Gasteiger partial charge in [-0.25, -0.2) is 4.57 Å². The van der Waals surface area contributed by atoms with Gasteiger partial charge < -0.3 is 13.9 Å². The van der Waals surface area contributed by atoms with Gasteiger partial charge in [0.2, 0.25) is 0 Å². The van der Waals surface area contributed by atoms with Gasteiger partial charge in [0.25, 0.3) is 0 Å². The minimum Gasteiger partial charge on any atom is -0.736 e. The Morgan fingerprint density at radius 3 is 1.22 bits per heavy atom. The fourth-order valence-corrected chi connectivity index (χ4v) is 5.57. The van der Waals surface area contributed by atoms with Gasteiger partial charge >= 0.3 is 37.4 Å². The third-order valence-electron chi connectivity index (χ3n) is 6.98. The van der Waals surface area contributed by atoms with E-state index in [4.69, 9.17) is 9.05 Å². The third-order valence-corrected chi connectivity index (χ3v) is 7.79. The van der Waals surface area contributed by atoms with Crippen LogP contribution >= 0.6 is 7.82 Å². The maximum atomic E-state index is 13.5. The molecular weight excluding hydrogens is 490 g/mol. The van der Waals surface area contributed by atoms with Crippen LogP contribution in [-0.2, 0) is 39.1 Å². The SMILES string of the molecule is CC(C)(C)c1cc2c(c(C(C)(C)C)c1)OP(=O)([O-])Oc1c(cc(C(C)(C)C)cc1C(C)(C)C)CCC2.[Na+]. The average Bonchev–Trinajstić information content (AvgIpc) is 2.65. The molecule has 0 amide bonds. The van der Waals surface area contributed by atoms with Crippen LogP contribution in [0.2, 0.25) is 0 Å². The van der Waals surface area contributed by atoms with Gasteiger partial charge in [0.05, 0.1) is 0 Å². The number of benzene rings is 2. The fourth-order valence-electron chi connectivity index (χ4n) is 4.66. The standard InChI is InChI=1S/C31H47O4P.Na/c1-28(2,3)22-16-20-14-13-15-21-17-23(29(4,5)6)19-25(31(10,11)12)27(21)35-36(32,33)34-26(20)24(18-22)30(7,8)9;/h16-19H,13-15H2,1-12H3,(H,32,33);/q;+1/p-1. The van der Waals surface area contributed by atoms with E-state index in [2.05, 4.69) is 107 Å². The zero-order valence-electron chi connectivity index (χ0n) is 25.5. The molecule has 0 aromatic heterocycles. The second-order valence-corrected chi connectivity index (χ2v) is 15.8. The number of phosphoric acid groups is 1. The molecule has 0 atom stereocenters. The number of rotatable bonds is 0. The van der Waals surface area contributed by atoms with Crippen molar-refractivity contribution >= 4 is 7.82 Å². The molecule has 0 saturated carbocycles. The van der Waals surface area contributed by atoms with Gasteiger partial charge in [-0.15, -0.1) is 0 Å².